The number of hydrogen-bond donors (Lipinski definition) is 1. The van der Waals surface area contributed by atoms with Gasteiger partial charge in [-0.1, -0.05) is 34.6 Å². The van der Waals surface area contributed by atoms with Crippen molar-refractivity contribution in [2.75, 3.05) is 0 Å². The molecular formula is C11H21N3S. The zero-order chi connectivity index (χ0) is 11.6. The first kappa shape index (κ1) is 12.4. The van der Waals surface area contributed by atoms with Gasteiger partial charge >= 0.3 is 0 Å². The van der Waals surface area contributed by atoms with E-state index >= 15 is 0 Å². The Kier molecular flexibility index (Phi) is 4.08. The van der Waals surface area contributed by atoms with E-state index in [0.717, 1.165) is 17.1 Å². The van der Waals surface area contributed by atoms with Gasteiger partial charge in [0.15, 0.2) is 4.77 Å². The molecule has 0 saturated carbocycles. The third-order valence-corrected chi connectivity index (χ3v) is 3.22. The number of nitrogens with one attached hydrogen (secondary N) is 1. The topological polar surface area (TPSA) is 33.6 Å². The van der Waals surface area contributed by atoms with Gasteiger partial charge in [0.1, 0.15) is 5.82 Å². The summed E-state index contributed by atoms with van der Waals surface area (Å²) in [5.41, 5.74) is 0. The number of aromatic nitrogens is 3. The van der Waals surface area contributed by atoms with Crippen LogP contribution in [0.15, 0.2) is 0 Å². The number of rotatable bonds is 4. The molecule has 1 rings (SSSR count). The Balaban J connectivity index is 2.93. The fourth-order valence-electron chi connectivity index (χ4n) is 1.45. The Hall–Kier alpha value is -0.640. The van der Waals surface area contributed by atoms with E-state index in [1.165, 1.54) is 0 Å². The van der Waals surface area contributed by atoms with Crippen molar-refractivity contribution in [3.05, 3.63) is 10.6 Å². The highest BCUT2D eigenvalue weighted by Gasteiger charge is 2.14. The molecule has 0 aliphatic rings. The van der Waals surface area contributed by atoms with Crippen molar-refractivity contribution in [2.24, 2.45) is 11.8 Å². The van der Waals surface area contributed by atoms with E-state index in [1.54, 1.807) is 0 Å². The van der Waals surface area contributed by atoms with Crippen LogP contribution in [0, 0.1) is 16.6 Å². The van der Waals surface area contributed by atoms with Crippen LogP contribution in [0.2, 0.25) is 0 Å². The van der Waals surface area contributed by atoms with Crippen LogP contribution in [-0.4, -0.2) is 14.8 Å². The maximum atomic E-state index is 5.24. The van der Waals surface area contributed by atoms with E-state index in [9.17, 15) is 0 Å². The molecule has 0 spiro atoms. The van der Waals surface area contributed by atoms with Crippen LogP contribution in [0.1, 0.15) is 46.4 Å². The van der Waals surface area contributed by atoms with Crippen molar-refractivity contribution >= 4 is 12.2 Å². The molecule has 15 heavy (non-hydrogen) atoms. The molecular weight excluding hydrogens is 206 g/mol. The molecule has 1 aromatic rings. The van der Waals surface area contributed by atoms with Gasteiger partial charge in [-0.05, 0) is 24.1 Å². The van der Waals surface area contributed by atoms with Crippen LogP contribution in [0.3, 0.4) is 0 Å². The van der Waals surface area contributed by atoms with Crippen molar-refractivity contribution in [3.8, 4) is 0 Å². The van der Waals surface area contributed by atoms with E-state index in [4.69, 9.17) is 12.2 Å². The zero-order valence-electron chi connectivity index (χ0n) is 10.2. The lowest BCUT2D eigenvalue weighted by Crippen LogP contribution is -2.16. The summed E-state index contributed by atoms with van der Waals surface area (Å²) < 4.78 is 2.87. The molecule has 0 aliphatic heterocycles. The Bertz CT molecular complexity index is 362. The van der Waals surface area contributed by atoms with Crippen LogP contribution in [0.25, 0.3) is 0 Å². The Morgan fingerprint density at radius 1 is 1.27 bits per heavy atom. The molecule has 1 aromatic heterocycles. The molecule has 0 amide bonds. The lowest BCUT2D eigenvalue weighted by Gasteiger charge is -2.18. The molecule has 0 aliphatic carbocycles. The first-order valence-electron chi connectivity index (χ1n) is 5.58. The minimum Gasteiger partial charge on any atom is -0.304 e. The highest BCUT2D eigenvalue weighted by atomic mass is 32.1. The summed E-state index contributed by atoms with van der Waals surface area (Å²) in [6, 6.07) is 0. The lowest BCUT2D eigenvalue weighted by molar-refractivity contribution is 0.356. The van der Waals surface area contributed by atoms with E-state index in [2.05, 4.69) is 49.4 Å². The molecule has 3 nitrogen and oxygen atoms in total. The van der Waals surface area contributed by atoms with Gasteiger partial charge in [0.2, 0.25) is 0 Å². The molecule has 1 heterocycles. The highest BCUT2D eigenvalue weighted by molar-refractivity contribution is 7.71. The standard InChI is InChI=1S/C11H21N3S/c1-7(2)9(5)6-14-10(8(3)4)12-13-11(14)15/h7-9H,6H2,1-5H3,(H,13,15). The van der Waals surface area contributed by atoms with E-state index < -0.39 is 0 Å². The van der Waals surface area contributed by atoms with Crippen molar-refractivity contribution in [1.82, 2.24) is 14.8 Å². The summed E-state index contributed by atoms with van der Waals surface area (Å²) in [5.74, 6) is 2.76. The maximum absolute atomic E-state index is 5.24. The van der Waals surface area contributed by atoms with Crippen molar-refractivity contribution in [1.29, 1.82) is 0 Å². The number of hydrogen-bond acceptors (Lipinski definition) is 2. The second-order valence-corrected chi connectivity index (χ2v) is 5.26. The number of nitrogens with zero attached hydrogens (tertiary/aromatic N) is 2. The Labute approximate surface area is 96.9 Å². The highest BCUT2D eigenvalue weighted by Crippen LogP contribution is 2.17. The monoisotopic (exact) mass is 227 g/mol. The second-order valence-electron chi connectivity index (χ2n) is 4.87. The fraction of sp³-hybridized carbons (Fsp3) is 0.818. The SMILES string of the molecule is CC(C)c1n[nH]c(=S)n1CC(C)C(C)C. The van der Waals surface area contributed by atoms with Crippen molar-refractivity contribution in [2.45, 2.75) is 47.1 Å². The molecule has 1 atom stereocenters. The summed E-state index contributed by atoms with van der Waals surface area (Å²) >= 11 is 5.24. The van der Waals surface area contributed by atoms with E-state index in [0.29, 0.717) is 17.8 Å². The normalized spacial score (nSPS) is 13.8. The van der Waals surface area contributed by atoms with Gasteiger partial charge < -0.3 is 4.57 Å². The van der Waals surface area contributed by atoms with Gasteiger partial charge in [-0.15, -0.1) is 0 Å². The third kappa shape index (κ3) is 2.91. The third-order valence-electron chi connectivity index (χ3n) is 2.91. The predicted molar refractivity (Wildman–Crippen MR) is 65.5 cm³/mol. The molecule has 0 radical (unpaired) electrons. The molecule has 1 unspecified atom stereocenters. The van der Waals surface area contributed by atoms with E-state index in [-0.39, 0.29) is 0 Å². The average Bonchev–Trinajstić information content (AvgIpc) is 2.48. The van der Waals surface area contributed by atoms with Crippen LogP contribution >= 0.6 is 12.2 Å². The van der Waals surface area contributed by atoms with Gasteiger partial charge in [0.25, 0.3) is 0 Å². The molecule has 4 heteroatoms. The van der Waals surface area contributed by atoms with Crippen molar-refractivity contribution in [3.63, 3.8) is 0 Å². The van der Waals surface area contributed by atoms with Crippen LogP contribution in [0.4, 0.5) is 0 Å². The summed E-state index contributed by atoms with van der Waals surface area (Å²) in [7, 11) is 0. The van der Waals surface area contributed by atoms with Crippen LogP contribution in [0.5, 0.6) is 0 Å². The van der Waals surface area contributed by atoms with Crippen LogP contribution in [-0.2, 0) is 6.54 Å². The van der Waals surface area contributed by atoms with Crippen LogP contribution < -0.4 is 0 Å². The smallest absolute Gasteiger partial charge is 0.195 e. The summed E-state index contributed by atoms with van der Waals surface area (Å²) in [4.78, 5) is 0. The maximum Gasteiger partial charge on any atom is 0.195 e. The number of H-pyrrole nitrogens is 1. The molecule has 0 aromatic carbocycles. The first-order valence-corrected chi connectivity index (χ1v) is 5.99. The zero-order valence-corrected chi connectivity index (χ0v) is 11.1. The van der Waals surface area contributed by atoms with Crippen molar-refractivity contribution < 1.29 is 0 Å². The van der Waals surface area contributed by atoms with Gasteiger partial charge in [0, 0.05) is 12.5 Å². The Morgan fingerprint density at radius 2 is 1.87 bits per heavy atom. The van der Waals surface area contributed by atoms with Gasteiger partial charge in [-0.2, -0.15) is 5.10 Å². The molecule has 0 bridgehead atoms. The quantitative estimate of drug-likeness (QED) is 0.800. The molecule has 86 valence electrons. The Morgan fingerprint density at radius 3 is 2.33 bits per heavy atom. The summed E-state index contributed by atoms with van der Waals surface area (Å²) in [5, 5.41) is 7.15. The summed E-state index contributed by atoms with van der Waals surface area (Å²) in [6.07, 6.45) is 0. The van der Waals surface area contributed by atoms with Gasteiger partial charge in [0.05, 0.1) is 0 Å². The average molecular weight is 227 g/mol. The van der Waals surface area contributed by atoms with E-state index in [1.807, 2.05) is 0 Å². The predicted octanol–water partition coefficient (Wildman–Crippen LogP) is 3.36. The molecule has 0 fully saturated rings. The first-order chi connectivity index (χ1) is 6.93. The largest absolute Gasteiger partial charge is 0.304 e. The minimum atomic E-state index is 0.414. The second kappa shape index (κ2) is 4.92. The van der Waals surface area contributed by atoms with Gasteiger partial charge in [-0.3, -0.25) is 5.10 Å². The molecule has 0 saturated heterocycles. The lowest BCUT2D eigenvalue weighted by atomic mass is 9.98. The summed E-state index contributed by atoms with van der Waals surface area (Å²) in [6.45, 7) is 12.0. The number of aromatic amines is 1. The van der Waals surface area contributed by atoms with Gasteiger partial charge in [-0.25, -0.2) is 0 Å². The minimum absolute atomic E-state index is 0.414. The fourth-order valence-corrected chi connectivity index (χ4v) is 1.66. The molecule has 1 N–H and O–H groups in total.